The van der Waals surface area contributed by atoms with Crippen LogP contribution in [0, 0.1) is 24.2 Å². The summed E-state index contributed by atoms with van der Waals surface area (Å²) >= 11 is 0. The summed E-state index contributed by atoms with van der Waals surface area (Å²) in [6.45, 7) is 14.9. The van der Waals surface area contributed by atoms with Crippen molar-refractivity contribution in [3.8, 4) is 11.1 Å². The molecule has 3 fully saturated rings. The third-order valence-electron chi connectivity index (χ3n) is 7.83. The number of cyclic esters (lactones) is 1. The van der Waals surface area contributed by atoms with E-state index in [4.69, 9.17) is 16.0 Å². The van der Waals surface area contributed by atoms with Crippen LogP contribution in [0.4, 0.5) is 19.7 Å². The Hall–Kier alpha value is -4.46. The number of halogens is 1. The number of rotatable bonds is 5. The van der Waals surface area contributed by atoms with Gasteiger partial charge in [-0.25, -0.2) is 25.2 Å². The number of hydrogen-bond donors (Lipinski definition) is 0. The van der Waals surface area contributed by atoms with Crippen molar-refractivity contribution in [3.63, 3.8) is 0 Å². The van der Waals surface area contributed by atoms with Crippen LogP contribution in [0.2, 0.25) is 0 Å². The van der Waals surface area contributed by atoms with Crippen LogP contribution in [0.25, 0.3) is 16.0 Å². The summed E-state index contributed by atoms with van der Waals surface area (Å²) in [7, 11) is 0. The molecule has 0 radical (unpaired) electrons. The summed E-state index contributed by atoms with van der Waals surface area (Å²) in [4.78, 5) is 31.9. The molecule has 6 rings (SSSR count). The first-order valence-corrected chi connectivity index (χ1v) is 13.2. The van der Waals surface area contributed by atoms with E-state index in [9.17, 15) is 9.59 Å². The van der Waals surface area contributed by atoms with Crippen LogP contribution in [0.1, 0.15) is 26.3 Å². The van der Waals surface area contributed by atoms with Gasteiger partial charge in [0, 0.05) is 25.0 Å². The van der Waals surface area contributed by atoms with E-state index >= 15 is 4.39 Å². The van der Waals surface area contributed by atoms with E-state index in [1.165, 1.54) is 6.07 Å². The van der Waals surface area contributed by atoms with Crippen molar-refractivity contribution in [1.29, 1.82) is 0 Å². The Labute approximate surface area is 231 Å². The summed E-state index contributed by atoms with van der Waals surface area (Å²) in [5.74, 6) is -0.675. The molecule has 3 aromatic rings. The molecular weight excluding hydrogens is 515 g/mol. The molecule has 4 atom stereocenters. The molecule has 206 valence electrons. The number of aromatic nitrogens is 3. The number of nitrogens with zero attached hydrogens (tertiary/aromatic N) is 6. The van der Waals surface area contributed by atoms with Crippen LogP contribution in [-0.4, -0.2) is 63.4 Å². The minimum absolute atomic E-state index is 0.120. The molecular formula is C29H29FN6O4. The Balaban J connectivity index is 1.13. The number of amides is 2. The quantitative estimate of drug-likeness (QED) is 0.432. The molecule has 40 heavy (non-hydrogen) atoms. The normalized spacial score (nSPS) is 25.4. The van der Waals surface area contributed by atoms with Gasteiger partial charge in [-0.05, 0) is 56.2 Å². The zero-order chi connectivity index (χ0) is 28.2. The number of piperidine rings is 1. The molecule has 1 aliphatic carbocycles. The third kappa shape index (κ3) is 4.43. The fourth-order valence-corrected chi connectivity index (χ4v) is 5.92. The van der Waals surface area contributed by atoms with Crippen LogP contribution in [0.5, 0.6) is 0 Å². The second kappa shape index (κ2) is 9.33. The van der Waals surface area contributed by atoms with Crippen LogP contribution in [0.3, 0.4) is 0 Å². The van der Waals surface area contributed by atoms with Gasteiger partial charge in [0.05, 0.1) is 36.7 Å². The van der Waals surface area contributed by atoms with Gasteiger partial charge < -0.3 is 19.2 Å². The third-order valence-corrected chi connectivity index (χ3v) is 7.83. The van der Waals surface area contributed by atoms with E-state index in [-0.39, 0.29) is 17.9 Å². The minimum Gasteiger partial charge on any atom is -0.444 e. The molecule has 1 aromatic heterocycles. The molecule has 2 aromatic carbocycles. The van der Waals surface area contributed by atoms with E-state index in [1.807, 2.05) is 39.0 Å². The first-order valence-electron chi connectivity index (χ1n) is 13.2. The molecule has 3 heterocycles. The molecule has 1 unspecified atom stereocenters. The van der Waals surface area contributed by atoms with Gasteiger partial charge >= 0.3 is 12.2 Å². The van der Waals surface area contributed by atoms with E-state index < -0.39 is 29.1 Å². The summed E-state index contributed by atoms with van der Waals surface area (Å²) in [5.41, 5.74) is 0.954. The van der Waals surface area contributed by atoms with E-state index in [1.54, 1.807) is 45.1 Å². The lowest BCUT2D eigenvalue weighted by Gasteiger charge is -2.26. The number of ether oxygens (including phenoxy) is 2. The number of carbonyl (C=O) groups excluding carboxylic acids is 2. The van der Waals surface area contributed by atoms with Gasteiger partial charge in [-0.2, -0.15) is 0 Å². The van der Waals surface area contributed by atoms with Gasteiger partial charge in [0.1, 0.15) is 17.5 Å². The van der Waals surface area contributed by atoms with Crippen LogP contribution in [-0.2, 0) is 21.6 Å². The fourth-order valence-electron chi connectivity index (χ4n) is 5.92. The second-order valence-corrected chi connectivity index (χ2v) is 11.5. The number of likely N-dealkylation sites (tertiary alicyclic amines) is 1. The molecule has 2 saturated heterocycles. The average molecular weight is 545 g/mol. The van der Waals surface area contributed by atoms with E-state index in [0.717, 1.165) is 5.56 Å². The van der Waals surface area contributed by atoms with Crippen molar-refractivity contribution in [2.45, 2.75) is 44.6 Å². The molecule has 2 aliphatic heterocycles. The predicted octanol–water partition coefficient (Wildman–Crippen LogP) is 4.72. The maximum atomic E-state index is 15.5. The van der Waals surface area contributed by atoms with Crippen molar-refractivity contribution < 1.29 is 23.5 Å². The summed E-state index contributed by atoms with van der Waals surface area (Å²) < 4.78 is 28.0. The number of carbonyl (C=O) groups is 2. The van der Waals surface area contributed by atoms with Gasteiger partial charge in [0.25, 0.3) is 5.54 Å². The Morgan fingerprint density at radius 2 is 1.85 bits per heavy atom. The molecule has 11 heteroatoms. The zero-order valence-electron chi connectivity index (χ0n) is 22.5. The van der Waals surface area contributed by atoms with E-state index in [0.29, 0.717) is 43.0 Å². The summed E-state index contributed by atoms with van der Waals surface area (Å²) in [6, 6.07) is 12.2. The van der Waals surface area contributed by atoms with Crippen molar-refractivity contribution >= 4 is 17.9 Å². The Morgan fingerprint density at radius 1 is 1.15 bits per heavy atom. The lowest BCUT2D eigenvalue weighted by Crippen LogP contribution is -2.38. The first kappa shape index (κ1) is 25.8. The minimum atomic E-state index is -0.954. The number of fused-ring (bicyclic) bond motifs is 1. The molecule has 0 N–H and O–H groups in total. The lowest BCUT2D eigenvalue weighted by molar-refractivity contribution is 0.0265. The van der Waals surface area contributed by atoms with Crippen molar-refractivity contribution in [1.82, 2.24) is 19.9 Å². The topological polar surface area (TPSA) is 94.2 Å². The highest BCUT2D eigenvalue weighted by Gasteiger charge is 2.78. The van der Waals surface area contributed by atoms with Gasteiger partial charge in [0.2, 0.25) is 0 Å². The average Bonchev–Trinajstić information content (AvgIpc) is 3.42. The fraction of sp³-hybridized carbons (Fsp3) is 0.414. The maximum absolute atomic E-state index is 15.5. The predicted molar refractivity (Wildman–Crippen MR) is 143 cm³/mol. The van der Waals surface area contributed by atoms with Crippen molar-refractivity contribution in [2.75, 3.05) is 24.5 Å². The second-order valence-electron chi connectivity index (χ2n) is 11.5. The number of hydrogen-bond acceptors (Lipinski definition) is 6. The standard InChI is InChI=1S/C29H29FN6O4/c1-28(2,3)40-26(37)34-16-23-24(17-34)29(23,31-4)22-10-7-19(13-25(22)30)18-5-8-20(9-6-18)36-15-21(39-27(36)38)14-35-12-11-32-33-35/h5-13,21,23-24H,14-17H2,1-3H3/t21-,23-,24+,29?/m0/s1. The molecule has 3 aliphatic rings. The number of anilines is 1. The maximum Gasteiger partial charge on any atom is 0.414 e. The van der Waals surface area contributed by atoms with Crippen LogP contribution >= 0.6 is 0 Å². The number of benzene rings is 2. The lowest BCUT2D eigenvalue weighted by atomic mass is 9.95. The Morgan fingerprint density at radius 3 is 2.45 bits per heavy atom. The highest BCUT2D eigenvalue weighted by Crippen LogP contribution is 2.65. The monoisotopic (exact) mass is 544 g/mol. The van der Waals surface area contributed by atoms with Gasteiger partial charge in [0.15, 0.2) is 0 Å². The van der Waals surface area contributed by atoms with E-state index in [2.05, 4.69) is 15.2 Å². The van der Waals surface area contributed by atoms with Crippen molar-refractivity contribution in [3.05, 3.63) is 77.7 Å². The Bertz CT molecular complexity index is 1480. The summed E-state index contributed by atoms with van der Waals surface area (Å²) in [6.07, 6.45) is 2.11. The van der Waals surface area contributed by atoms with Gasteiger partial charge in [-0.15, -0.1) is 5.10 Å². The molecule has 1 saturated carbocycles. The molecule has 10 nitrogen and oxygen atoms in total. The highest BCUT2D eigenvalue weighted by molar-refractivity contribution is 5.90. The van der Waals surface area contributed by atoms with Gasteiger partial charge in [-0.1, -0.05) is 23.4 Å². The molecule has 0 spiro atoms. The van der Waals surface area contributed by atoms with Crippen LogP contribution < -0.4 is 4.90 Å². The van der Waals surface area contributed by atoms with Crippen molar-refractivity contribution in [2.24, 2.45) is 11.8 Å². The SMILES string of the molecule is [C-]#[N+]C1(c2ccc(-c3ccc(N4C[C@H](Cn5ccnn5)OC4=O)cc3)cc2F)[C@@H]2CN(C(=O)OC(C)(C)C)C[C@@H]21. The highest BCUT2D eigenvalue weighted by atomic mass is 19.1. The molecule has 0 bridgehead atoms. The zero-order valence-corrected chi connectivity index (χ0v) is 22.5. The smallest absolute Gasteiger partial charge is 0.414 e. The summed E-state index contributed by atoms with van der Waals surface area (Å²) in [5, 5.41) is 7.68. The first-order chi connectivity index (χ1) is 19.1. The largest absolute Gasteiger partial charge is 0.444 e. The Kier molecular flexibility index (Phi) is 6.02. The van der Waals surface area contributed by atoms with Gasteiger partial charge in [-0.3, -0.25) is 4.90 Å². The molecule has 2 amide bonds. The van der Waals surface area contributed by atoms with Crippen LogP contribution in [0.15, 0.2) is 54.9 Å².